The second-order valence-electron chi connectivity index (χ2n) is 1.61. The lowest BCUT2D eigenvalue weighted by molar-refractivity contribution is 0.0800. The Morgan fingerprint density at radius 1 is 1.71 bits per heavy atom. The van der Waals surface area contributed by atoms with Gasteiger partial charge in [-0.25, -0.2) is 0 Å². The number of morpholine rings is 1. The molecule has 0 aliphatic carbocycles. The van der Waals surface area contributed by atoms with E-state index in [0.717, 1.165) is 19.7 Å². The molecule has 2 nitrogen and oxygen atoms in total. The van der Waals surface area contributed by atoms with Gasteiger partial charge in [0.1, 0.15) is 7.85 Å². The first kappa shape index (κ1) is 5.13. The van der Waals surface area contributed by atoms with E-state index in [1.165, 1.54) is 0 Å². The topological polar surface area (TPSA) is 21.3 Å². The van der Waals surface area contributed by atoms with Crippen LogP contribution in [0.1, 0.15) is 0 Å². The maximum atomic E-state index is 5.35. The minimum absolute atomic E-state index is 0.0752. The van der Waals surface area contributed by atoms with E-state index in [0.29, 0.717) is 0 Å². The highest BCUT2D eigenvalue weighted by atomic mass is 16.5. The van der Waals surface area contributed by atoms with Crippen LogP contribution in [0.2, 0.25) is 0 Å². The smallest absolute Gasteiger partial charge is 0.110 e. The zero-order valence-electron chi connectivity index (χ0n) is 4.18. The number of ether oxygens (including phenoxy) is 1. The van der Waals surface area contributed by atoms with Crippen LogP contribution in [0.25, 0.3) is 0 Å². The predicted octanol–water partition coefficient (Wildman–Crippen LogP) is -0.899. The molecule has 38 valence electrons. The molecule has 0 aromatic heterocycles. The van der Waals surface area contributed by atoms with Gasteiger partial charge in [0.05, 0.1) is 6.61 Å². The van der Waals surface area contributed by atoms with E-state index in [1.54, 1.807) is 0 Å². The second kappa shape index (κ2) is 2.33. The van der Waals surface area contributed by atoms with Crippen molar-refractivity contribution < 1.29 is 4.74 Å². The van der Waals surface area contributed by atoms with Crippen LogP contribution in [0.4, 0.5) is 0 Å². The first-order valence-electron chi connectivity index (χ1n) is 2.47. The molecule has 1 fully saturated rings. The Bertz CT molecular complexity index is 53.7. The highest BCUT2D eigenvalue weighted by Gasteiger charge is 2.04. The quantitative estimate of drug-likeness (QED) is 0.395. The number of hydrogen-bond acceptors (Lipinski definition) is 2. The molecular formula is C4H8BNO. The summed E-state index contributed by atoms with van der Waals surface area (Å²) < 4.78 is 4.99. The maximum absolute atomic E-state index is 5.35. The van der Waals surface area contributed by atoms with Crippen molar-refractivity contribution >= 4 is 7.85 Å². The van der Waals surface area contributed by atoms with Gasteiger partial charge >= 0.3 is 0 Å². The van der Waals surface area contributed by atoms with E-state index in [1.807, 2.05) is 0 Å². The minimum Gasteiger partial charge on any atom is -0.385 e. The zero-order valence-corrected chi connectivity index (χ0v) is 4.18. The van der Waals surface area contributed by atoms with Crippen molar-refractivity contribution in [3.8, 4) is 0 Å². The lowest BCUT2D eigenvalue weighted by Gasteiger charge is -2.19. The molecule has 1 aliphatic rings. The summed E-state index contributed by atoms with van der Waals surface area (Å²) in [5, 5.41) is 3.08. The summed E-state index contributed by atoms with van der Waals surface area (Å²) in [6, 6.07) is -0.0752. The van der Waals surface area contributed by atoms with E-state index < -0.39 is 0 Å². The molecule has 0 amide bonds. The predicted molar refractivity (Wildman–Crippen MR) is 28.4 cm³/mol. The van der Waals surface area contributed by atoms with E-state index >= 15 is 0 Å². The molecule has 1 aliphatic heterocycles. The van der Waals surface area contributed by atoms with Crippen molar-refractivity contribution in [3.63, 3.8) is 0 Å². The van der Waals surface area contributed by atoms with Crippen LogP contribution in [-0.2, 0) is 4.74 Å². The fourth-order valence-electron chi connectivity index (χ4n) is 0.586. The summed E-state index contributed by atoms with van der Waals surface area (Å²) in [6.07, 6.45) is 0. The summed E-state index contributed by atoms with van der Waals surface area (Å²) in [6.45, 7) is 2.48. The van der Waals surface area contributed by atoms with Gasteiger partial charge in [0.15, 0.2) is 0 Å². The van der Waals surface area contributed by atoms with Gasteiger partial charge in [-0.05, 0) is 0 Å². The SMILES string of the molecule is [B]C1CNCCO1. The Kier molecular flexibility index (Phi) is 1.71. The van der Waals surface area contributed by atoms with Crippen molar-refractivity contribution in [1.29, 1.82) is 0 Å². The molecule has 1 unspecified atom stereocenters. The first-order valence-corrected chi connectivity index (χ1v) is 2.47. The van der Waals surface area contributed by atoms with Crippen molar-refractivity contribution in [1.82, 2.24) is 5.32 Å². The molecule has 0 bridgehead atoms. The molecule has 1 N–H and O–H groups in total. The van der Waals surface area contributed by atoms with Gasteiger partial charge in [0, 0.05) is 19.1 Å². The van der Waals surface area contributed by atoms with Crippen molar-refractivity contribution in [2.24, 2.45) is 0 Å². The third-order valence-corrected chi connectivity index (χ3v) is 0.956. The summed E-state index contributed by atoms with van der Waals surface area (Å²) in [7, 11) is 5.35. The van der Waals surface area contributed by atoms with Gasteiger partial charge in [0.2, 0.25) is 0 Å². The van der Waals surface area contributed by atoms with Gasteiger partial charge in [-0.3, -0.25) is 0 Å². The Balaban J connectivity index is 2.12. The molecule has 1 rings (SSSR count). The summed E-state index contributed by atoms with van der Waals surface area (Å²) in [5.74, 6) is 0. The third-order valence-electron chi connectivity index (χ3n) is 0.956. The number of rotatable bonds is 0. The lowest BCUT2D eigenvalue weighted by atomic mass is 10.00. The standard InChI is InChI=1S/C4H8BNO/c5-4-3-6-1-2-7-4/h4,6H,1-3H2. The van der Waals surface area contributed by atoms with Gasteiger partial charge < -0.3 is 10.1 Å². The highest BCUT2D eigenvalue weighted by molar-refractivity contribution is 6.11. The first-order chi connectivity index (χ1) is 3.39. The van der Waals surface area contributed by atoms with Gasteiger partial charge in [-0.15, -0.1) is 0 Å². The van der Waals surface area contributed by atoms with Crippen molar-refractivity contribution in [2.45, 2.75) is 6.00 Å². The average molecular weight is 96.9 g/mol. The second-order valence-corrected chi connectivity index (χ2v) is 1.61. The fraction of sp³-hybridized carbons (Fsp3) is 1.00. The van der Waals surface area contributed by atoms with Gasteiger partial charge in [0.25, 0.3) is 0 Å². The molecule has 0 aromatic carbocycles. The maximum Gasteiger partial charge on any atom is 0.110 e. The van der Waals surface area contributed by atoms with E-state index in [-0.39, 0.29) is 6.00 Å². The molecule has 2 radical (unpaired) electrons. The molecule has 1 heterocycles. The van der Waals surface area contributed by atoms with E-state index in [9.17, 15) is 0 Å². The Hall–Kier alpha value is -0.0151. The van der Waals surface area contributed by atoms with Gasteiger partial charge in [-0.2, -0.15) is 0 Å². The van der Waals surface area contributed by atoms with Crippen LogP contribution < -0.4 is 5.32 Å². The molecule has 0 aromatic rings. The largest absolute Gasteiger partial charge is 0.385 e. The van der Waals surface area contributed by atoms with Crippen LogP contribution in [0, 0.1) is 0 Å². The third kappa shape index (κ3) is 1.49. The van der Waals surface area contributed by atoms with Crippen molar-refractivity contribution in [3.05, 3.63) is 0 Å². The monoisotopic (exact) mass is 97.1 g/mol. The van der Waals surface area contributed by atoms with E-state index in [4.69, 9.17) is 12.6 Å². The molecule has 7 heavy (non-hydrogen) atoms. The van der Waals surface area contributed by atoms with Crippen LogP contribution in [0.15, 0.2) is 0 Å². The zero-order chi connectivity index (χ0) is 5.11. The average Bonchev–Trinajstić information content (AvgIpc) is 1.69. The van der Waals surface area contributed by atoms with Crippen LogP contribution in [-0.4, -0.2) is 33.5 Å². The summed E-state index contributed by atoms with van der Waals surface area (Å²) >= 11 is 0. The molecule has 1 saturated heterocycles. The van der Waals surface area contributed by atoms with Crippen LogP contribution in [0.5, 0.6) is 0 Å². The number of hydrogen-bond donors (Lipinski definition) is 1. The minimum atomic E-state index is -0.0752. The van der Waals surface area contributed by atoms with Crippen LogP contribution >= 0.6 is 0 Å². The van der Waals surface area contributed by atoms with Gasteiger partial charge in [-0.1, -0.05) is 0 Å². The normalized spacial score (nSPS) is 32.9. The number of nitrogens with one attached hydrogen (secondary N) is 1. The molecule has 0 spiro atoms. The Morgan fingerprint density at radius 3 is 2.86 bits per heavy atom. The van der Waals surface area contributed by atoms with Crippen molar-refractivity contribution in [2.75, 3.05) is 19.7 Å². The van der Waals surface area contributed by atoms with Crippen LogP contribution in [0.3, 0.4) is 0 Å². The Labute approximate surface area is 44.6 Å². The molecular weight excluding hydrogens is 88.9 g/mol. The lowest BCUT2D eigenvalue weighted by Crippen LogP contribution is -2.38. The summed E-state index contributed by atoms with van der Waals surface area (Å²) in [5.41, 5.74) is 0. The molecule has 0 saturated carbocycles. The summed E-state index contributed by atoms with van der Waals surface area (Å²) in [4.78, 5) is 0. The van der Waals surface area contributed by atoms with E-state index in [2.05, 4.69) is 5.32 Å². The molecule has 3 heteroatoms. The fourth-order valence-corrected chi connectivity index (χ4v) is 0.586. The Morgan fingerprint density at radius 2 is 2.57 bits per heavy atom. The molecule has 1 atom stereocenters. The highest BCUT2D eigenvalue weighted by Crippen LogP contribution is 1.87.